The third-order valence-electron chi connectivity index (χ3n) is 2.68. The van der Waals surface area contributed by atoms with Crippen molar-refractivity contribution in [3.63, 3.8) is 0 Å². The minimum absolute atomic E-state index is 0.206. The molecule has 0 saturated carbocycles. The van der Waals surface area contributed by atoms with Gasteiger partial charge in [-0.15, -0.1) is 0 Å². The van der Waals surface area contributed by atoms with Crippen molar-refractivity contribution in [2.45, 2.75) is 45.6 Å². The van der Waals surface area contributed by atoms with Crippen molar-refractivity contribution in [2.75, 3.05) is 13.1 Å². The second-order valence-electron chi connectivity index (χ2n) is 4.57. The molecule has 1 aliphatic rings. The Kier molecular flexibility index (Phi) is 4.39. The third-order valence-corrected chi connectivity index (χ3v) is 2.68. The fraction of sp³-hybridized carbons (Fsp3) is 0.909. The fourth-order valence-electron chi connectivity index (χ4n) is 1.75. The molecule has 0 radical (unpaired) electrons. The number of carbonyl (C=O) groups excluding carboxylic acids is 1. The summed E-state index contributed by atoms with van der Waals surface area (Å²) in [5.74, 6) is 0.783. The standard InChI is InChI=1S/C11H21NO2/c1-9(2)5-6-11(14)12-7-3-4-10(13)8-12/h9-10,13H,3-8H2,1-2H3. The minimum atomic E-state index is -0.299. The highest BCUT2D eigenvalue weighted by Gasteiger charge is 2.21. The average Bonchev–Trinajstić information content (AvgIpc) is 2.14. The van der Waals surface area contributed by atoms with Crippen molar-refractivity contribution >= 4 is 5.91 Å². The van der Waals surface area contributed by atoms with Gasteiger partial charge in [0.25, 0.3) is 0 Å². The molecule has 1 saturated heterocycles. The van der Waals surface area contributed by atoms with Gasteiger partial charge in [0, 0.05) is 19.5 Å². The Morgan fingerprint density at radius 3 is 2.86 bits per heavy atom. The molecule has 1 unspecified atom stereocenters. The number of likely N-dealkylation sites (tertiary alicyclic amines) is 1. The first-order chi connectivity index (χ1) is 6.59. The molecule has 3 nitrogen and oxygen atoms in total. The molecule has 1 atom stereocenters. The molecule has 0 aromatic carbocycles. The topological polar surface area (TPSA) is 40.5 Å². The summed E-state index contributed by atoms with van der Waals surface area (Å²) in [4.78, 5) is 13.5. The maximum atomic E-state index is 11.7. The summed E-state index contributed by atoms with van der Waals surface area (Å²) in [6.07, 6.45) is 3.06. The summed E-state index contributed by atoms with van der Waals surface area (Å²) in [7, 11) is 0. The second kappa shape index (κ2) is 5.35. The number of hydrogen-bond donors (Lipinski definition) is 1. The number of β-amino-alcohol motifs (C(OH)–C–C–N with tert-alkyl or cyclic N) is 1. The predicted octanol–water partition coefficient (Wildman–Crippen LogP) is 1.41. The normalized spacial score (nSPS) is 22.9. The number of piperidine rings is 1. The molecule has 0 aliphatic carbocycles. The molecule has 1 rings (SSSR count). The van der Waals surface area contributed by atoms with Gasteiger partial charge in [0.15, 0.2) is 0 Å². The minimum Gasteiger partial charge on any atom is -0.391 e. The van der Waals surface area contributed by atoms with Gasteiger partial charge in [-0.2, -0.15) is 0 Å². The molecule has 0 bridgehead atoms. The fourth-order valence-corrected chi connectivity index (χ4v) is 1.75. The van der Waals surface area contributed by atoms with Crippen LogP contribution in [0.3, 0.4) is 0 Å². The Labute approximate surface area is 86.1 Å². The zero-order valence-electron chi connectivity index (χ0n) is 9.20. The van der Waals surface area contributed by atoms with Gasteiger partial charge in [0.2, 0.25) is 5.91 Å². The highest BCUT2D eigenvalue weighted by atomic mass is 16.3. The van der Waals surface area contributed by atoms with E-state index in [1.807, 2.05) is 0 Å². The number of nitrogens with zero attached hydrogens (tertiary/aromatic N) is 1. The lowest BCUT2D eigenvalue weighted by molar-refractivity contribution is -0.134. The van der Waals surface area contributed by atoms with Crippen LogP contribution in [0.2, 0.25) is 0 Å². The van der Waals surface area contributed by atoms with Gasteiger partial charge in [0.05, 0.1) is 6.10 Å². The SMILES string of the molecule is CC(C)CCC(=O)N1CCCC(O)C1. The molecule has 1 fully saturated rings. The lowest BCUT2D eigenvalue weighted by atomic mass is 10.1. The molecular formula is C11H21NO2. The Morgan fingerprint density at radius 1 is 1.57 bits per heavy atom. The van der Waals surface area contributed by atoms with Gasteiger partial charge < -0.3 is 10.0 Å². The van der Waals surface area contributed by atoms with Crippen LogP contribution in [0.5, 0.6) is 0 Å². The van der Waals surface area contributed by atoms with Crippen molar-refractivity contribution in [2.24, 2.45) is 5.92 Å². The van der Waals surface area contributed by atoms with E-state index in [9.17, 15) is 9.90 Å². The van der Waals surface area contributed by atoms with E-state index >= 15 is 0 Å². The Hall–Kier alpha value is -0.570. The third kappa shape index (κ3) is 3.66. The van der Waals surface area contributed by atoms with Crippen LogP contribution in [-0.4, -0.2) is 35.1 Å². The Morgan fingerprint density at radius 2 is 2.29 bits per heavy atom. The average molecular weight is 199 g/mol. The van der Waals surface area contributed by atoms with Crippen LogP contribution in [0.1, 0.15) is 39.5 Å². The zero-order chi connectivity index (χ0) is 10.6. The van der Waals surface area contributed by atoms with Crippen molar-refractivity contribution < 1.29 is 9.90 Å². The summed E-state index contributed by atoms with van der Waals surface area (Å²) >= 11 is 0. The molecule has 1 N–H and O–H groups in total. The molecule has 82 valence electrons. The summed E-state index contributed by atoms with van der Waals surface area (Å²) in [6, 6.07) is 0. The highest BCUT2D eigenvalue weighted by molar-refractivity contribution is 5.76. The monoisotopic (exact) mass is 199 g/mol. The predicted molar refractivity (Wildman–Crippen MR) is 55.9 cm³/mol. The van der Waals surface area contributed by atoms with Gasteiger partial charge in [0.1, 0.15) is 0 Å². The van der Waals surface area contributed by atoms with Gasteiger partial charge in [-0.25, -0.2) is 0 Å². The number of amides is 1. The van der Waals surface area contributed by atoms with Gasteiger partial charge >= 0.3 is 0 Å². The highest BCUT2D eigenvalue weighted by Crippen LogP contribution is 2.13. The number of aliphatic hydroxyl groups is 1. The Bertz CT molecular complexity index is 192. The molecule has 1 amide bonds. The van der Waals surface area contributed by atoms with Crippen molar-refractivity contribution in [3.05, 3.63) is 0 Å². The van der Waals surface area contributed by atoms with Gasteiger partial charge in [-0.3, -0.25) is 4.79 Å². The zero-order valence-corrected chi connectivity index (χ0v) is 9.20. The molecular weight excluding hydrogens is 178 g/mol. The number of hydrogen-bond acceptors (Lipinski definition) is 2. The first-order valence-electron chi connectivity index (χ1n) is 5.55. The number of aliphatic hydroxyl groups excluding tert-OH is 1. The molecule has 0 spiro atoms. The first kappa shape index (κ1) is 11.5. The van der Waals surface area contributed by atoms with Crippen molar-refractivity contribution in [1.29, 1.82) is 0 Å². The molecule has 0 aromatic heterocycles. The van der Waals surface area contributed by atoms with Crippen LogP contribution in [0.4, 0.5) is 0 Å². The van der Waals surface area contributed by atoms with E-state index in [-0.39, 0.29) is 12.0 Å². The lowest BCUT2D eigenvalue weighted by Crippen LogP contribution is -2.42. The van der Waals surface area contributed by atoms with E-state index in [4.69, 9.17) is 0 Å². The maximum absolute atomic E-state index is 11.7. The van der Waals surface area contributed by atoms with Crippen LogP contribution in [0.25, 0.3) is 0 Å². The second-order valence-corrected chi connectivity index (χ2v) is 4.57. The summed E-state index contributed by atoms with van der Waals surface area (Å²) in [5.41, 5.74) is 0. The first-order valence-corrected chi connectivity index (χ1v) is 5.55. The van der Waals surface area contributed by atoms with Crippen LogP contribution >= 0.6 is 0 Å². The molecule has 0 aromatic rings. The quantitative estimate of drug-likeness (QED) is 0.746. The summed E-state index contributed by atoms with van der Waals surface area (Å²) in [6.45, 7) is 5.61. The molecule has 1 aliphatic heterocycles. The number of rotatable bonds is 3. The van der Waals surface area contributed by atoms with Gasteiger partial charge in [-0.05, 0) is 25.2 Å². The summed E-state index contributed by atoms with van der Waals surface area (Å²) < 4.78 is 0. The van der Waals surface area contributed by atoms with Crippen molar-refractivity contribution in [3.8, 4) is 0 Å². The van der Waals surface area contributed by atoms with E-state index in [1.54, 1.807) is 4.90 Å². The molecule has 1 heterocycles. The number of carbonyl (C=O) groups is 1. The van der Waals surface area contributed by atoms with Crippen molar-refractivity contribution in [1.82, 2.24) is 4.90 Å². The maximum Gasteiger partial charge on any atom is 0.222 e. The van der Waals surface area contributed by atoms with E-state index in [0.29, 0.717) is 18.9 Å². The van der Waals surface area contributed by atoms with Crippen LogP contribution in [0, 0.1) is 5.92 Å². The van der Waals surface area contributed by atoms with Crippen LogP contribution in [0.15, 0.2) is 0 Å². The lowest BCUT2D eigenvalue weighted by Gasteiger charge is -2.30. The Balaban J connectivity index is 2.29. The van der Waals surface area contributed by atoms with Crippen LogP contribution in [-0.2, 0) is 4.79 Å². The largest absolute Gasteiger partial charge is 0.391 e. The summed E-state index contributed by atoms with van der Waals surface area (Å²) in [5, 5.41) is 9.41. The van der Waals surface area contributed by atoms with E-state index in [0.717, 1.165) is 25.8 Å². The van der Waals surface area contributed by atoms with E-state index in [1.165, 1.54) is 0 Å². The van der Waals surface area contributed by atoms with E-state index in [2.05, 4.69) is 13.8 Å². The molecule has 3 heteroatoms. The van der Waals surface area contributed by atoms with E-state index < -0.39 is 0 Å². The smallest absolute Gasteiger partial charge is 0.222 e. The molecule has 14 heavy (non-hydrogen) atoms. The van der Waals surface area contributed by atoms with Gasteiger partial charge in [-0.1, -0.05) is 13.8 Å². The van der Waals surface area contributed by atoms with Crippen LogP contribution < -0.4 is 0 Å².